The Morgan fingerprint density at radius 2 is 1.40 bits per heavy atom. The largest absolute Gasteiger partial charge is 0.369 e. The normalized spacial score (nSPS) is 13.5. The Labute approximate surface area is 102 Å². The minimum atomic E-state index is -5.30. The van der Waals surface area contributed by atoms with E-state index in [-0.39, 0.29) is 36.0 Å². The summed E-state index contributed by atoms with van der Waals surface area (Å²) in [7, 11) is -10.6. The van der Waals surface area contributed by atoms with E-state index < -0.39 is 26.7 Å². The molecule has 0 spiro atoms. The SMILES string of the molecule is NCCCC(O)(P(=O)(O)O)P(=O)(O)O.[MgH2]. The van der Waals surface area contributed by atoms with Crippen LogP contribution in [0.2, 0.25) is 0 Å². The zero-order chi connectivity index (χ0) is 11.6. The Morgan fingerprint density at radius 3 is 1.60 bits per heavy atom. The predicted octanol–water partition coefficient (Wildman–Crippen LogP) is -2.19. The quantitative estimate of drug-likeness (QED) is 0.243. The molecular weight excluding hydrogens is 260 g/mol. The predicted molar refractivity (Wildman–Crippen MR) is 55.9 cm³/mol. The molecule has 0 saturated heterocycles. The topological polar surface area (TPSA) is 161 Å². The van der Waals surface area contributed by atoms with Crippen molar-refractivity contribution in [2.24, 2.45) is 5.73 Å². The summed E-state index contributed by atoms with van der Waals surface area (Å²) in [6, 6.07) is 0. The van der Waals surface area contributed by atoms with Crippen molar-refractivity contribution in [1.29, 1.82) is 0 Å². The first-order chi connectivity index (χ1) is 6.06. The molecule has 0 amide bonds. The fourth-order valence-corrected chi connectivity index (χ4v) is 3.06. The van der Waals surface area contributed by atoms with E-state index in [0.717, 1.165) is 0 Å². The van der Waals surface area contributed by atoms with Crippen LogP contribution in [-0.4, -0.2) is 59.4 Å². The van der Waals surface area contributed by atoms with Crippen LogP contribution in [0.15, 0.2) is 0 Å². The van der Waals surface area contributed by atoms with Crippen molar-refractivity contribution < 1.29 is 33.8 Å². The highest BCUT2D eigenvalue weighted by atomic mass is 31.2. The lowest BCUT2D eigenvalue weighted by atomic mass is 10.3. The summed E-state index contributed by atoms with van der Waals surface area (Å²) in [5, 5.41) is 5.91. The summed E-state index contributed by atoms with van der Waals surface area (Å²) in [6.45, 7) is -0.0394. The van der Waals surface area contributed by atoms with Crippen molar-refractivity contribution in [3.63, 3.8) is 0 Å². The Hall–Kier alpha value is 0.986. The molecule has 0 bridgehead atoms. The van der Waals surface area contributed by atoms with E-state index in [2.05, 4.69) is 0 Å². The van der Waals surface area contributed by atoms with Crippen molar-refractivity contribution in [1.82, 2.24) is 0 Å². The Balaban J connectivity index is 0. The fraction of sp³-hybridized carbons (Fsp3) is 1.00. The molecule has 0 aliphatic rings. The zero-order valence-corrected chi connectivity index (χ0v) is 8.93. The van der Waals surface area contributed by atoms with Gasteiger partial charge in [0.05, 0.1) is 0 Å². The first-order valence-electron chi connectivity index (χ1n) is 3.60. The smallest absolute Gasteiger partial charge is 0.368 e. The van der Waals surface area contributed by atoms with Crippen LogP contribution in [0.3, 0.4) is 0 Å². The summed E-state index contributed by atoms with van der Waals surface area (Å²) in [5.74, 6) is 0. The number of rotatable bonds is 5. The third kappa shape index (κ3) is 4.39. The Kier molecular flexibility index (Phi) is 7.42. The van der Waals surface area contributed by atoms with E-state index in [9.17, 15) is 14.2 Å². The van der Waals surface area contributed by atoms with Crippen LogP contribution < -0.4 is 5.73 Å². The van der Waals surface area contributed by atoms with Gasteiger partial charge >= 0.3 is 38.2 Å². The number of hydrogen-bond donors (Lipinski definition) is 6. The fourth-order valence-electron chi connectivity index (χ4n) is 0.800. The second-order valence-electron chi connectivity index (χ2n) is 2.75. The molecule has 8 nitrogen and oxygen atoms in total. The Bertz CT molecular complexity index is 263. The second-order valence-corrected chi connectivity index (χ2v) is 6.76. The van der Waals surface area contributed by atoms with Crippen molar-refractivity contribution in [3.8, 4) is 0 Å². The molecule has 0 atom stereocenters. The molecule has 0 heterocycles. The van der Waals surface area contributed by atoms with Crippen molar-refractivity contribution >= 4 is 38.2 Å². The summed E-state index contributed by atoms with van der Waals surface area (Å²) < 4.78 is 21.4. The van der Waals surface area contributed by atoms with Gasteiger partial charge in [-0.1, -0.05) is 0 Å². The summed E-state index contributed by atoms with van der Waals surface area (Å²) >= 11 is 0. The van der Waals surface area contributed by atoms with E-state index >= 15 is 0 Å². The van der Waals surface area contributed by atoms with Crippen molar-refractivity contribution in [3.05, 3.63) is 0 Å². The molecule has 0 fully saturated rings. The summed E-state index contributed by atoms with van der Waals surface area (Å²) in [6.07, 6.45) is -0.856. The molecule has 0 aromatic heterocycles. The van der Waals surface area contributed by atoms with Crippen LogP contribution in [0.1, 0.15) is 12.8 Å². The molecule has 90 valence electrons. The van der Waals surface area contributed by atoms with Crippen molar-refractivity contribution in [2.75, 3.05) is 6.54 Å². The van der Waals surface area contributed by atoms with E-state index in [0.29, 0.717) is 0 Å². The highest BCUT2D eigenvalue weighted by molar-refractivity contribution is 7.72. The van der Waals surface area contributed by atoms with Gasteiger partial charge < -0.3 is 30.4 Å². The average molecular weight is 275 g/mol. The van der Waals surface area contributed by atoms with Gasteiger partial charge in [-0.3, -0.25) is 9.13 Å². The lowest BCUT2D eigenvalue weighted by Gasteiger charge is -2.28. The maximum atomic E-state index is 10.7. The summed E-state index contributed by atoms with van der Waals surface area (Å²) in [4.78, 5) is 34.5. The van der Waals surface area contributed by atoms with E-state index in [1.165, 1.54) is 0 Å². The number of aliphatic hydroxyl groups is 1. The molecule has 0 radical (unpaired) electrons. The maximum Gasteiger partial charge on any atom is 0.369 e. The zero-order valence-electron chi connectivity index (χ0n) is 7.15. The number of nitrogens with two attached hydrogens (primary N) is 1. The van der Waals surface area contributed by atoms with Crippen LogP contribution in [-0.2, 0) is 9.13 Å². The first kappa shape index (κ1) is 18.4. The van der Waals surface area contributed by atoms with Crippen LogP contribution >= 0.6 is 15.2 Å². The van der Waals surface area contributed by atoms with Gasteiger partial charge in [-0.15, -0.1) is 0 Å². The average Bonchev–Trinajstić information content (AvgIpc) is 1.95. The third-order valence-electron chi connectivity index (χ3n) is 1.65. The lowest BCUT2D eigenvalue weighted by molar-refractivity contribution is 0.121. The number of hydrogen-bond acceptors (Lipinski definition) is 4. The molecule has 7 N–H and O–H groups in total. The Morgan fingerprint density at radius 1 is 1.07 bits per heavy atom. The van der Waals surface area contributed by atoms with Crippen LogP contribution in [0, 0.1) is 0 Å². The van der Waals surface area contributed by atoms with E-state index in [4.69, 9.17) is 25.3 Å². The van der Waals surface area contributed by atoms with Gasteiger partial charge in [0.25, 0.3) is 5.08 Å². The maximum absolute atomic E-state index is 10.7. The van der Waals surface area contributed by atoms with Gasteiger partial charge in [-0.2, -0.15) is 0 Å². The van der Waals surface area contributed by atoms with Crippen molar-refractivity contribution in [2.45, 2.75) is 17.9 Å². The lowest BCUT2D eigenvalue weighted by Crippen LogP contribution is -2.29. The summed E-state index contributed by atoms with van der Waals surface area (Å²) in [5.41, 5.74) is 5.01. The van der Waals surface area contributed by atoms with Gasteiger partial charge in [-0.25, -0.2) is 0 Å². The standard InChI is InChI=1S/C4H13NO7P2.Mg.2H/c5-3-1-2-4(6,13(7,8)9)14(10,11)12;;;/h6H,1-3,5H2,(H2,7,8,9)(H2,10,11,12);;;. The second kappa shape index (κ2) is 6.06. The molecule has 0 aliphatic heterocycles. The molecule has 0 rings (SSSR count). The molecular formula is C4H15MgNO7P2. The first-order valence-corrected chi connectivity index (χ1v) is 6.82. The minimum Gasteiger partial charge on any atom is -0.368 e. The molecule has 15 heavy (non-hydrogen) atoms. The van der Waals surface area contributed by atoms with Crippen LogP contribution in [0.25, 0.3) is 0 Å². The molecule has 0 aromatic carbocycles. The van der Waals surface area contributed by atoms with E-state index in [1.807, 2.05) is 0 Å². The van der Waals surface area contributed by atoms with Crippen LogP contribution in [0.4, 0.5) is 0 Å². The van der Waals surface area contributed by atoms with Gasteiger partial charge in [0.1, 0.15) is 0 Å². The molecule has 0 unspecified atom stereocenters. The van der Waals surface area contributed by atoms with Crippen LogP contribution in [0.5, 0.6) is 0 Å². The van der Waals surface area contributed by atoms with Gasteiger partial charge in [0.15, 0.2) is 0 Å². The highest BCUT2D eigenvalue weighted by Gasteiger charge is 2.58. The molecule has 0 aliphatic carbocycles. The van der Waals surface area contributed by atoms with Gasteiger partial charge in [-0.05, 0) is 13.0 Å². The molecule has 0 aromatic rings. The highest BCUT2D eigenvalue weighted by Crippen LogP contribution is 2.69. The monoisotopic (exact) mass is 275 g/mol. The molecule has 0 saturated carbocycles. The van der Waals surface area contributed by atoms with Gasteiger partial charge in [0, 0.05) is 6.42 Å². The molecule has 11 heteroatoms. The van der Waals surface area contributed by atoms with Gasteiger partial charge in [0.2, 0.25) is 0 Å². The third-order valence-corrected chi connectivity index (χ3v) is 5.53. The minimum absolute atomic E-state index is 0. The van der Waals surface area contributed by atoms with E-state index in [1.54, 1.807) is 0 Å².